The zero-order chi connectivity index (χ0) is 26.6. The fourth-order valence-corrected chi connectivity index (χ4v) is 4.00. The van der Waals surface area contributed by atoms with E-state index < -0.39 is 0 Å². The Kier molecular flexibility index (Phi) is 10.7. The standard InChI is InChI=1S/C29H39N5O3/c1-4-6-15-30-26-21-29(37)28(32-23-9-13-25(14-10-23)34(5-2)17-19-36)20-27(26)31-22-7-11-24(12-8-22)33(3)16-18-35/h7-14,20-21,30,32,35-36H,4-6,15-19H2,1-3H3/b31-27-. The maximum Gasteiger partial charge on any atom is 0.204 e. The quantitative estimate of drug-likeness (QED) is 0.229. The lowest BCUT2D eigenvalue weighted by molar-refractivity contribution is -0.111. The molecule has 8 heteroatoms. The Bertz CT molecular complexity index is 1110. The second kappa shape index (κ2) is 14.2. The van der Waals surface area contributed by atoms with Crippen LogP contribution in [0.25, 0.3) is 0 Å². The van der Waals surface area contributed by atoms with Gasteiger partial charge in [-0.25, -0.2) is 4.99 Å². The molecule has 0 aromatic heterocycles. The van der Waals surface area contributed by atoms with Crippen LogP contribution in [0.5, 0.6) is 0 Å². The molecule has 4 N–H and O–H groups in total. The molecule has 0 spiro atoms. The van der Waals surface area contributed by atoms with E-state index in [2.05, 4.69) is 22.5 Å². The van der Waals surface area contributed by atoms with Crippen LogP contribution in [0.2, 0.25) is 0 Å². The summed E-state index contributed by atoms with van der Waals surface area (Å²) in [6.45, 7) is 7.06. The molecule has 0 bridgehead atoms. The molecule has 0 unspecified atom stereocenters. The van der Waals surface area contributed by atoms with E-state index in [0.717, 1.165) is 48.7 Å². The Hall–Kier alpha value is -3.62. The lowest BCUT2D eigenvalue weighted by Crippen LogP contribution is -2.27. The number of likely N-dealkylation sites (N-methyl/N-ethyl adjacent to an activating group) is 2. The molecule has 0 heterocycles. The van der Waals surface area contributed by atoms with Gasteiger partial charge in [-0.05, 0) is 68.0 Å². The van der Waals surface area contributed by atoms with Gasteiger partial charge in [0.1, 0.15) is 0 Å². The minimum absolute atomic E-state index is 0.0922. The van der Waals surface area contributed by atoms with Crippen molar-refractivity contribution < 1.29 is 15.0 Å². The number of carbonyl (C=O) groups is 1. The molecule has 2 aromatic rings. The highest BCUT2D eigenvalue weighted by molar-refractivity contribution is 6.23. The number of rotatable bonds is 14. The summed E-state index contributed by atoms with van der Waals surface area (Å²) in [6.07, 6.45) is 5.45. The first-order valence-electron chi connectivity index (χ1n) is 12.9. The number of aliphatic hydroxyl groups is 2. The molecular weight excluding hydrogens is 466 g/mol. The number of aliphatic hydroxyl groups excluding tert-OH is 2. The fraction of sp³-hybridized carbons (Fsp3) is 0.379. The third-order valence-electron chi connectivity index (χ3n) is 6.18. The minimum Gasteiger partial charge on any atom is -0.395 e. The molecule has 1 aliphatic carbocycles. The zero-order valence-corrected chi connectivity index (χ0v) is 22.1. The van der Waals surface area contributed by atoms with Crippen LogP contribution >= 0.6 is 0 Å². The highest BCUT2D eigenvalue weighted by atomic mass is 16.3. The third kappa shape index (κ3) is 7.93. The topological polar surface area (TPSA) is 100 Å². The van der Waals surface area contributed by atoms with E-state index in [4.69, 9.17) is 4.99 Å². The summed E-state index contributed by atoms with van der Waals surface area (Å²) in [5, 5.41) is 25.1. The van der Waals surface area contributed by atoms with Gasteiger partial charge in [-0.2, -0.15) is 0 Å². The molecule has 0 fully saturated rings. The van der Waals surface area contributed by atoms with Crippen LogP contribution < -0.4 is 20.4 Å². The number of hydrogen-bond acceptors (Lipinski definition) is 8. The molecule has 0 atom stereocenters. The number of unbranched alkanes of at least 4 members (excludes halogenated alkanes) is 1. The Morgan fingerprint density at radius 2 is 1.54 bits per heavy atom. The molecule has 198 valence electrons. The van der Waals surface area contributed by atoms with Crippen molar-refractivity contribution in [3.63, 3.8) is 0 Å². The first-order chi connectivity index (χ1) is 18.0. The average molecular weight is 506 g/mol. The van der Waals surface area contributed by atoms with Gasteiger partial charge in [0.15, 0.2) is 0 Å². The van der Waals surface area contributed by atoms with E-state index in [0.29, 0.717) is 30.2 Å². The molecule has 1 aliphatic rings. The van der Waals surface area contributed by atoms with Gasteiger partial charge in [0.2, 0.25) is 5.78 Å². The highest BCUT2D eigenvalue weighted by Crippen LogP contribution is 2.23. The van der Waals surface area contributed by atoms with Gasteiger partial charge < -0.3 is 30.6 Å². The lowest BCUT2D eigenvalue weighted by Gasteiger charge is -2.22. The maximum atomic E-state index is 13.0. The van der Waals surface area contributed by atoms with E-state index in [1.54, 1.807) is 12.2 Å². The summed E-state index contributed by atoms with van der Waals surface area (Å²) < 4.78 is 0. The number of nitrogens with zero attached hydrogens (tertiary/aromatic N) is 3. The van der Waals surface area contributed by atoms with E-state index in [-0.39, 0.29) is 19.0 Å². The second-order valence-electron chi connectivity index (χ2n) is 8.89. The number of allylic oxidation sites excluding steroid dienone is 2. The fourth-order valence-electron chi connectivity index (χ4n) is 4.00. The summed E-state index contributed by atoms with van der Waals surface area (Å²) in [5.74, 6) is -0.113. The van der Waals surface area contributed by atoms with Crippen molar-refractivity contribution >= 4 is 34.2 Å². The summed E-state index contributed by atoms with van der Waals surface area (Å²) in [7, 11) is 1.93. The van der Waals surface area contributed by atoms with Crippen LogP contribution in [0.3, 0.4) is 0 Å². The number of carbonyl (C=O) groups excluding carboxylic acids is 1. The second-order valence-corrected chi connectivity index (χ2v) is 8.89. The van der Waals surface area contributed by atoms with Gasteiger partial charge in [0.25, 0.3) is 0 Å². The molecular formula is C29H39N5O3. The van der Waals surface area contributed by atoms with E-state index in [1.165, 1.54) is 0 Å². The summed E-state index contributed by atoms with van der Waals surface area (Å²) in [5.41, 5.74) is 5.44. The first kappa shape index (κ1) is 28.0. The zero-order valence-electron chi connectivity index (χ0n) is 22.1. The van der Waals surface area contributed by atoms with Crippen LogP contribution in [0.4, 0.5) is 22.7 Å². The van der Waals surface area contributed by atoms with Gasteiger partial charge in [-0.15, -0.1) is 0 Å². The predicted octanol–water partition coefficient (Wildman–Crippen LogP) is 3.86. The van der Waals surface area contributed by atoms with Crippen LogP contribution in [0.1, 0.15) is 26.7 Å². The number of anilines is 3. The largest absolute Gasteiger partial charge is 0.395 e. The normalized spacial score (nSPS) is 14.3. The van der Waals surface area contributed by atoms with Crippen molar-refractivity contribution in [1.82, 2.24) is 5.32 Å². The molecule has 37 heavy (non-hydrogen) atoms. The molecule has 2 aromatic carbocycles. The number of hydrogen-bond donors (Lipinski definition) is 4. The van der Waals surface area contributed by atoms with Crippen molar-refractivity contribution in [3.05, 3.63) is 72.1 Å². The van der Waals surface area contributed by atoms with E-state index >= 15 is 0 Å². The summed E-state index contributed by atoms with van der Waals surface area (Å²) >= 11 is 0. The molecule has 0 saturated carbocycles. The van der Waals surface area contributed by atoms with Crippen molar-refractivity contribution in [2.45, 2.75) is 26.7 Å². The number of nitrogens with one attached hydrogen (secondary N) is 2. The first-order valence-corrected chi connectivity index (χ1v) is 12.9. The Morgan fingerprint density at radius 3 is 2.16 bits per heavy atom. The predicted molar refractivity (Wildman–Crippen MR) is 153 cm³/mol. The van der Waals surface area contributed by atoms with Crippen molar-refractivity contribution in [2.24, 2.45) is 4.99 Å². The molecule has 3 rings (SSSR count). The molecule has 0 aliphatic heterocycles. The van der Waals surface area contributed by atoms with Crippen LogP contribution in [-0.2, 0) is 4.79 Å². The number of ketones is 1. The van der Waals surface area contributed by atoms with Crippen LogP contribution in [-0.4, -0.2) is 68.1 Å². The molecule has 0 saturated heterocycles. The SMILES string of the molecule is CCCCNC1=CC(=O)C(Nc2ccc(N(CC)CCO)cc2)=C/C1=N/c1ccc(N(C)CCO)cc1. The van der Waals surface area contributed by atoms with Crippen LogP contribution in [0.15, 0.2) is 77.1 Å². The summed E-state index contributed by atoms with van der Waals surface area (Å²) in [6, 6.07) is 15.6. The summed E-state index contributed by atoms with van der Waals surface area (Å²) in [4.78, 5) is 21.9. The minimum atomic E-state index is -0.113. The molecule has 0 radical (unpaired) electrons. The monoisotopic (exact) mass is 505 g/mol. The van der Waals surface area contributed by atoms with Gasteiger partial charge in [-0.1, -0.05) is 13.3 Å². The smallest absolute Gasteiger partial charge is 0.204 e. The van der Waals surface area contributed by atoms with Gasteiger partial charge in [0.05, 0.1) is 36.0 Å². The van der Waals surface area contributed by atoms with Crippen molar-refractivity contribution in [1.29, 1.82) is 0 Å². The van der Waals surface area contributed by atoms with Crippen molar-refractivity contribution in [2.75, 3.05) is 61.6 Å². The van der Waals surface area contributed by atoms with E-state index in [9.17, 15) is 15.0 Å². The third-order valence-corrected chi connectivity index (χ3v) is 6.18. The number of benzene rings is 2. The van der Waals surface area contributed by atoms with Gasteiger partial charge >= 0.3 is 0 Å². The van der Waals surface area contributed by atoms with Crippen LogP contribution in [0, 0.1) is 0 Å². The average Bonchev–Trinajstić information content (AvgIpc) is 2.91. The Labute approximate surface area is 220 Å². The Morgan fingerprint density at radius 1 is 0.865 bits per heavy atom. The van der Waals surface area contributed by atoms with Gasteiger partial charge in [0, 0.05) is 56.4 Å². The van der Waals surface area contributed by atoms with Gasteiger partial charge in [-0.3, -0.25) is 4.79 Å². The van der Waals surface area contributed by atoms with E-state index in [1.807, 2.05) is 67.4 Å². The lowest BCUT2D eigenvalue weighted by atomic mass is 10.0. The number of aliphatic imine (C=N–C) groups is 1. The molecule has 0 amide bonds. The van der Waals surface area contributed by atoms with Crippen molar-refractivity contribution in [3.8, 4) is 0 Å². The Balaban J connectivity index is 1.84. The molecule has 8 nitrogen and oxygen atoms in total. The highest BCUT2D eigenvalue weighted by Gasteiger charge is 2.19. The maximum absolute atomic E-state index is 13.0.